The van der Waals surface area contributed by atoms with E-state index in [1.165, 1.54) is 88.2 Å². The highest BCUT2D eigenvalue weighted by Gasteiger charge is 2.23. The van der Waals surface area contributed by atoms with Crippen LogP contribution in [0, 0.1) is 11.8 Å². The van der Waals surface area contributed by atoms with Gasteiger partial charge in [-0.05, 0) is 42.0 Å². The van der Waals surface area contributed by atoms with Crippen LogP contribution in [0.1, 0.15) is 116 Å². The number of benzene rings is 2. The minimum atomic E-state index is -0.236. The zero-order valence-corrected chi connectivity index (χ0v) is 23.9. The van der Waals surface area contributed by atoms with Crippen molar-refractivity contribution in [3.05, 3.63) is 54.1 Å². The third kappa shape index (κ3) is 11.2. The zero-order valence-electron chi connectivity index (χ0n) is 23.9. The Labute approximate surface area is 227 Å². The molecule has 206 valence electrons. The van der Waals surface area contributed by atoms with Gasteiger partial charge in [0.15, 0.2) is 6.29 Å². The minimum absolute atomic E-state index is 0.236. The van der Waals surface area contributed by atoms with Gasteiger partial charge in [-0.2, -0.15) is 0 Å². The van der Waals surface area contributed by atoms with Crippen LogP contribution in [0.2, 0.25) is 0 Å². The van der Waals surface area contributed by atoms with Crippen molar-refractivity contribution in [1.29, 1.82) is 0 Å². The Morgan fingerprint density at radius 1 is 0.730 bits per heavy atom. The van der Waals surface area contributed by atoms with Gasteiger partial charge in [-0.1, -0.05) is 128 Å². The Balaban J connectivity index is 1.33. The molecule has 1 unspecified atom stereocenters. The third-order valence-corrected chi connectivity index (χ3v) is 7.86. The summed E-state index contributed by atoms with van der Waals surface area (Å²) >= 11 is 0. The molecule has 3 nitrogen and oxygen atoms in total. The molecule has 2 aromatic carbocycles. The van der Waals surface area contributed by atoms with Crippen LogP contribution in [-0.4, -0.2) is 19.8 Å². The maximum absolute atomic E-state index is 6.09. The van der Waals surface area contributed by atoms with E-state index in [0.29, 0.717) is 5.92 Å². The van der Waals surface area contributed by atoms with Crippen LogP contribution >= 0.6 is 0 Å². The molecular weight excluding hydrogens is 456 g/mol. The molecule has 1 atom stereocenters. The molecule has 1 heterocycles. The van der Waals surface area contributed by atoms with E-state index >= 15 is 0 Å². The van der Waals surface area contributed by atoms with E-state index in [1.807, 2.05) is 0 Å². The van der Waals surface area contributed by atoms with Gasteiger partial charge in [0, 0.05) is 11.5 Å². The van der Waals surface area contributed by atoms with Crippen LogP contribution in [0.5, 0.6) is 5.75 Å². The van der Waals surface area contributed by atoms with Gasteiger partial charge >= 0.3 is 0 Å². The summed E-state index contributed by atoms with van der Waals surface area (Å²) in [6, 6.07) is 17.1. The van der Waals surface area contributed by atoms with Crippen LogP contribution in [0.4, 0.5) is 0 Å². The average molecular weight is 509 g/mol. The Morgan fingerprint density at radius 3 is 1.97 bits per heavy atom. The molecule has 3 rings (SSSR count). The predicted octanol–water partition coefficient (Wildman–Crippen LogP) is 10.1. The summed E-state index contributed by atoms with van der Waals surface area (Å²) in [5, 5.41) is 0. The lowest BCUT2D eigenvalue weighted by Gasteiger charge is -2.29. The van der Waals surface area contributed by atoms with Crippen molar-refractivity contribution in [3.8, 4) is 16.9 Å². The number of rotatable bonds is 18. The van der Waals surface area contributed by atoms with Gasteiger partial charge in [0.2, 0.25) is 0 Å². The van der Waals surface area contributed by atoms with Crippen LogP contribution in [0.3, 0.4) is 0 Å². The van der Waals surface area contributed by atoms with Gasteiger partial charge in [-0.15, -0.1) is 0 Å². The Bertz CT molecular complexity index is 821. The second-order valence-corrected chi connectivity index (χ2v) is 11.1. The van der Waals surface area contributed by atoms with Crippen LogP contribution in [-0.2, 0) is 9.47 Å². The Morgan fingerprint density at radius 2 is 1.32 bits per heavy atom. The highest BCUT2D eigenvalue weighted by Crippen LogP contribution is 2.30. The summed E-state index contributed by atoms with van der Waals surface area (Å²) in [5.74, 6) is 2.34. The second kappa shape index (κ2) is 17.6. The highest BCUT2D eigenvalue weighted by molar-refractivity contribution is 5.64. The van der Waals surface area contributed by atoms with Gasteiger partial charge in [0.25, 0.3) is 0 Å². The SMILES string of the molecule is CCCCCCCCCC1COC(c2ccc(-c3ccc(OCCCCCC(C)CC)cc3)cc2)OC1. The first-order chi connectivity index (χ1) is 18.2. The first-order valence-electron chi connectivity index (χ1n) is 15.3. The smallest absolute Gasteiger partial charge is 0.183 e. The van der Waals surface area contributed by atoms with Crippen molar-refractivity contribution in [2.24, 2.45) is 11.8 Å². The van der Waals surface area contributed by atoms with E-state index in [4.69, 9.17) is 14.2 Å². The average Bonchev–Trinajstić information content (AvgIpc) is 2.95. The molecule has 0 aliphatic carbocycles. The third-order valence-electron chi connectivity index (χ3n) is 7.86. The van der Waals surface area contributed by atoms with Gasteiger partial charge < -0.3 is 14.2 Å². The molecule has 0 saturated carbocycles. The molecule has 0 N–H and O–H groups in total. The maximum Gasteiger partial charge on any atom is 0.183 e. The topological polar surface area (TPSA) is 27.7 Å². The molecule has 0 amide bonds. The number of ether oxygens (including phenoxy) is 3. The van der Waals surface area contributed by atoms with Gasteiger partial charge in [0.1, 0.15) is 5.75 Å². The lowest BCUT2D eigenvalue weighted by Crippen LogP contribution is -2.27. The summed E-state index contributed by atoms with van der Waals surface area (Å²) in [5.41, 5.74) is 3.51. The molecule has 3 heteroatoms. The van der Waals surface area contributed by atoms with Gasteiger partial charge in [-0.25, -0.2) is 0 Å². The van der Waals surface area contributed by atoms with Gasteiger partial charge in [-0.3, -0.25) is 0 Å². The lowest BCUT2D eigenvalue weighted by molar-refractivity contribution is -0.206. The van der Waals surface area contributed by atoms with Crippen LogP contribution in [0.15, 0.2) is 48.5 Å². The van der Waals surface area contributed by atoms with Crippen molar-refractivity contribution < 1.29 is 14.2 Å². The Kier molecular flexibility index (Phi) is 14.2. The summed E-state index contributed by atoms with van der Waals surface area (Å²) in [6.07, 6.45) is 16.8. The van der Waals surface area contributed by atoms with E-state index in [2.05, 4.69) is 69.3 Å². The molecule has 2 aromatic rings. The maximum atomic E-state index is 6.09. The van der Waals surface area contributed by atoms with Crippen molar-refractivity contribution in [2.75, 3.05) is 19.8 Å². The van der Waals surface area contributed by atoms with Crippen LogP contribution < -0.4 is 4.74 Å². The quantitative estimate of drug-likeness (QED) is 0.187. The van der Waals surface area contributed by atoms with E-state index in [-0.39, 0.29) is 6.29 Å². The standard InChI is InChI=1S/C34H52O3/c1-4-6-7-8-9-10-13-16-29-26-36-34(37-27-29)32-19-17-30(18-20-32)31-21-23-33(24-22-31)35-25-14-11-12-15-28(3)5-2/h17-24,28-29,34H,4-16,25-27H2,1-3H3. The Hall–Kier alpha value is -1.84. The molecule has 0 aromatic heterocycles. The lowest BCUT2D eigenvalue weighted by atomic mass is 10.00. The fourth-order valence-electron chi connectivity index (χ4n) is 5.03. The summed E-state index contributed by atoms with van der Waals surface area (Å²) < 4.78 is 18.1. The molecule has 0 spiro atoms. The van der Waals surface area contributed by atoms with E-state index in [9.17, 15) is 0 Å². The fourth-order valence-corrected chi connectivity index (χ4v) is 5.03. The first-order valence-corrected chi connectivity index (χ1v) is 15.3. The highest BCUT2D eigenvalue weighted by atomic mass is 16.7. The minimum Gasteiger partial charge on any atom is -0.494 e. The zero-order chi connectivity index (χ0) is 26.1. The fraction of sp³-hybridized carbons (Fsp3) is 0.647. The second-order valence-electron chi connectivity index (χ2n) is 11.1. The summed E-state index contributed by atoms with van der Waals surface area (Å²) in [4.78, 5) is 0. The summed E-state index contributed by atoms with van der Waals surface area (Å²) in [7, 11) is 0. The molecule has 0 bridgehead atoms. The molecule has 1 aliphatic heterocycles. The summed E-state index contributed by atoms with van der Waals surface area (Å²) in [6.45, 7) is 9.31. The molecule has 1 fully saturated rings. The molecule has 0 radical (unpaired) electrons. The molecule has 1 aliphatic rings. The van der Waals surface area contributed by atoms with E-state index in [0.717, 1.165) is 43.5 Å². The van der Waals surface area contributed by atoms with E-state index < -0.39 is 0 Å². The van der Waals surface area contributed by atoms with Crippen molar-refractivity contribution in [2.45, 2.75) is 111 Å². The molecule has 37 heavy (non-hydrogen) atoms. The van der Waals surface area contributed by atoms with Crippen molar-refractivity contribution >= 4 is 0 Å². The van der Waals surface area contributed by atoms with E-state index in [1.54, 1.807) is 0 Å². The van der Waals surface area contributed by atoms with Crippen molar-refractivity contribution in [3.63, 3.8) is 0 Å². The van der Waals surface area contributed by atoms with Crippen molar-refractivity contribution in [1.82, 2.24) is 0 Å². The normalized spacial score (nSPS) is 18.6. The molecular formula is C34H52O3. The van der Waals surface area contributed by atoms with Crippen LogP contribution in [0.25, 0.3) is 11.1 Å². The number of unbranched alkanes of at least 4 members (excludes halogenated alkanes) is 8. The monoisotopic (exact) mass is 508 g/mol. The predicted molar refractivity (Wildman–Crippen MR) is 156 cm³/mol. The first kappa shape index (κ1) is 29.7. The van der Waals surface area contributed by atoms with Gasteiger partial charge in [0.05, 0.1) is 19.8 Å². The number of hydrogen-bond acceptors (Lipinski definition) is 3. The number of hydrogen-bond donors (Lipinski definition) is 0. The molecule has 1 saturated heterocycles. The largest absolute Gasteiger partial charge is 0.494 e.